The monoisotopic (exact) mass is 346 g/mol. The third kappa shape index (κ3) is 4.08. The Kier molecular flexibility index (Phi) is 4.83. The summed E-state index contributed by atoms with van der Waals surface area (Å²) in [5, 5.41) is 0. The largest absolute Gasteiger partial charge is 0.346 e. The van der Waals surface area contributed by atoms with Gasteiger partial charge in [0.15, 0.2) is 0 Å². The Balaban J connectivity index is 1.57. The van der Waals surface area contributed by atoms with Crippen LogP contribution in [-0.4, -0.2) is 19.5 Å². The van der Waals surface area contributed by atoms with Gasteiger partial charge < -0.3 is 4.57 Å². The lowest BCUT2D eigenvalue weighted by Crippen LogP contribution is -2.27. The van der Waals surface area contributed by atoms with Crippen LogP contribution in [0, 0.1) is 20.8 Å². The maximum Gasteiger partial charge on any atom is 0.215 e. The summed E-state index contributed by atoms with van der Waals surface area (Å²) in [6, 6.07) is 10.5. The van der Waals surface area contributed by atoms with Crippen LogP contribution in [-0.2, 0) is 22.2 Å². The Morgan fingerprint density at radius 1 is 1.12 bits per heavy atom. The van der Waals surface area contributed by atoms with Crippen LogP contribution in [0.2, 0.25) is 0 Å². The SMILES string of the molecule is Cc1ccc(CS(=O)(=O)NCCc2cc(C)n(C3CC3)c2C)cc1. The van der Waals surface area contributed by atoms with Gasteiger partial charge in [0.1, 0.15) is 0 Å². The third-order valence-corrected chi connectivity index (χ3v) is 6.05. The lowest BCUT2D eigenvalue weighted by molar-refractivity contribution is 0.580. The van der Waals surface area contributed by atoms with Crippen LogP contribution in [0.1, 0.15) is 47.0 Å². The molecule has 130 valence electrons. The summed E-state index contributed by atoms with van der Waals surface area (Å²) in [6.45, 7) is 6.72. The Hall–Kier alpha value is -1.59. The highest BCUT2D eigenvalue weighted by molar-refractivity contribution is 7.88. The molecule has 1 saturated carbocycles. The van der Waals surface area contributed by atoms with Gasteiger partial charge >= 0.3 is 0 Å². The lowest BCUT2D eigenvalue weighted by atomic mass is 10.2. The molecule has 1 aliphatic rings. The number of benzene rings is 1. The van der Waals surface area contributed by atoms with E-state index in [1.54, 1.807) is 0 Å². The standard InChI is InChI=1S/C19H26N2O2S/c1-14-4-6-17(7-5-14)13-24(22,23)20-11-10-18-12-15(2)21(16(18)3)19-8-9-19/h4-7,12,19-20H,8-11,13H2,1-3H3. The van der Waals surface area contributed by atoms with Gasteiger partial charge in [-0.2, -0.15) is 0 Å². The van der Waals surface area contributed by atoms with Crippen molar-refractivity contribution < 1.29 is 8.42 Å². The molecule has 0 aliphatic heterocycles. The van der Waals surface area contributed by atoms with Crippen molar-refractivity contribution in [3.8, 4) is 0 Å². The van der Waals surface area contributed by atoms with Crippen LogP contribution >= 0.6 is 0 Å². The number of aryl methyl sites for hydroxylation is 2. The average Bonchev–Trinajstić information content (AvgIpc) is 3.29. The summed E-state index contributed by atoms with van der Waals surface area (Å²) >= 11 is 0. The van der Waals surface area contributed by atoms with Gasteiger partial charge in [0, 0.05) is 24.0 Å². The summed E-state index contributed by atoms with van der Waals surface area (Å²) in [6.07, 6.45) is 3.26. The molecule has 5 heteroatoms. The molecular weight excluding hydrogens is 320 g/mol. The van der Waals surface area contributed by atoms with Crippen LogP contribution in [0.4, 0.5) is 0 Å². The molecule has 3 rings (SSSR count). The number of hydrogen-bond acceptors (Lipinski definition) is 2. The summed E-state index contributed by atoms with van der Waals surface area (Å²) in [7, 11) is -3.29. The first-order chi connectivity index (χ1) is 11.4. The Bertz CT molecular complexity index is 816. The van der Waals surface area contributed by atoms with Gasteiger partial charge in [0.05, 0.1) is 5.75 Å². The molecule has 1 N–H and O–H groups in total. The topological polar surface area (TPSA) is 51.1 Å². The van der Waals surface area contributed by atoms with Gasteiger partial charge in [-0.05, 0) is 57.2 Å². The maximum absolute atomic E-state index is 12.2. The fourth-order valence-electron chi connectivity index (χ4n) is 3.29. The van der Waals surface area contributed by atoms with Crippen LogP contribution in [0.3, 0.4) is 0 Å². The molecular formula is C19H26N2O2S. The van der Waals surface area contributed by atoms with Crippen LogP contribution in [0.25, 0.3) is 0 Å². The second-order valence-corrected chi connectivity index (χ2v) is 8.69. The van der Waals surface area contributed by atoms with Gasteiger partial charge in [-0.3, -0.25) is 0 Å². The fourth-order valence-corrected chi connectivity index (χ4v) is 4.44. The van der Waals surface area contributed by atoms with Crippen molar-refractivity contribution in [3.05, 3.63) is 58.4 Å². The smallest absolute Gasteiger partial charge is 0.215 e. The molecule has 1 aliphatic carbocycles. The summed E-state index contributed by atoms with van der Waals surface area (Å²) in [5.74, 6) is 0.0361. The molecule has 0 spiro atoms. The minimum Gasteiger partial charge on any atom is -0.346 e. The Morgan fingerprint density at radius 3 is 2.42 bits per heavy atom. The molecule has 1 aromatic carbocycles. The van der Waals surface area contributed by atoms with Gasteiger partial charge in [-0.15, -0.1) is 0 Å². The molecule has 1 aromatic heterocycles. The van der Waals surface area contributed by atoms with E-state index in [1.807, 2.05) is 31.2 Å². The minimum absolute atomic E-state index is 0.0361. The van der Waals surface area contributed by atoms with E-state index >= 15 is 0 Å². The Morgan fingerprint density at radius 2 is 1.79 bits per heavy atom. The normalized spacial score (nSPS) is 15.0. The molecule has 1 heterocycles. The first-order valence-corrected chi connectivity index (χ1v) is 10.2. The van der Waals surface area contributed by atoms with Gasteiger partial charge in [-0.1, -0.05) is 29.8 Å². The lowest BCUT2D eigenvalue weighted by Gasteiger charge is -2.09. The van der Waals surface area contributed by atoms with Crippen molar-refractivity contribution in [1.29, 1.82) is 0 Å². The van der Waals surface area contributed by atoms with E-state index in [9.17, 15) is 8.42 Å². The number of aromatic nitrogens is 1. The number of rotatable bonds is 7. The van der Waals surface area contributed by atoms with E-state index in [-0.39, 0.29) is 5.75 Å². The van der Waals surface area contributed by atoms with E-state index in [2.05, 4.69) is 29.2 Å². The molecule has 0 atom stereocenters. The Labute approximate surface area is 144 Å². The first kappa shape index (κ1) is 17.2. The average molecular weight is 346 g/mol. The summed E-state index contributed by atoms with van der Waals surface area (Å²) in [5.41, 5.74) is 5.77. The summed E-state index contributed by atoms with van der Waals surface area (Å²) in [4.78, 5) is 0. The van der Waals surface area contributed by atoms with Crippen molar-refractivity contribution in [2.24, 2.45) is 0 Å². The predicted molar refractivity (Wildman–Crippen MR) is 97.7 cm³/mol. The molecule has 0 bridgehead atoms. The molecule has 0 unspecified atom stereocenters. The van der Waals surface area contributed by atoms with Gasteiger partial charge in [0.25, 0.3) is 0 Å². The molecule has 4 nitrogen and oxygen atoms in total. The highest BCUT2D eigenvalue weighted by atomic mass is 32.2. The van der Waals surface area contributed by atoms with E-state index in [1.165, 1.54) is 29.8 Å². The van der Waals surface area contributed by atoms with Crippen molar-refractivity contribution in [2.75, 3.05) is 6.54 Å². The fraction of sp³-hybridized carbons (Fsp3) is 0.474. The highest BCUT2D eigenvalue weighted by Crippen LogP contribution is 2.38. The van der Waals surface area contributed by atoms with Crippen LogP contribution in [0.5, 0.6) is 0 Å². The second-order valence-electron chi connectivity index (χ2n) is 6.89. The van der Waals surface area contributed by atoms with E-state index < -0.39 is 10.0 Å². The second kappa shape index (κ2) is 6.73. The van der Waals surface area contributed by atoms with E-state index in [0.717, 1.165) is 17.5 Å². The highest BCUT2D eigenvalue weighted by Gasteiger charge is 2.26. The summed E-state index contributed by atoms with van der Waals surface area (Å²) < 4.78 is 29.6. The molecule has 24 heavy (non-hydrogen) atoms. The number of sulfonamides is 1. The van der Waals surface area contributed by atoms with Crippen molar-refractivity contribution in [2.45, 2.75) is 51.8 Å². The zero-order chi connectivity index (χ0) is 17.3. The van der Waals surface area contributed by atoms with Crippen molar-refractivity contribution >= 4 is 10.0 Å². The predicted octanol–water partition coefficient (Wildman–Crippen LogP) is 3.41. The van der Waals surface area contributed by atoms with Crippen LogP contribution in [0.15, 0.2) is 30.3 Å². The van der Waals surface area contributed by atoms with Crippen molar-refractivity contribution in [3.63, 3.8) is 0 Å². The van der Waals surface area contributed by atoms with E-state index in [0.29, 0.717) is 12.6 Å². The number of nitrogens with zero attached hydrogens (tertiary/aromatic N) is 1. The first-order valence-electron chi connectivity index (χ1n) is 8.56. The molecule has 0 amide bonds. The molecule has 0 radical (unpaired) electrons. The van der Waals surface area contributed by atoms with Gasteiger partial charge in [-0.25, -0.2) is 13.1 Å². The zero-order valence-corrected chi connectivity index (χ0v) is 15.5. The van der Waals surface area contributed by atoms with Gasteiger partial charge in [0.2, 0.25) is 10.0 Å². The maximum atomic E-state index is 12.2. The van der Waals surface area contributed by atoms with E-state index in [4.69, 9.17) is 0 Å². The minimum atomic E-state index is -3.29. The quantitative estimate of drug-likeness (QED) is 0.835. The third-order valence-electron chi connectivity index (χ3n) is 4.69. The number of nitrogens with one attached hydrogen (secondary N) is 1. The molecule has 2 aromatic rings. The van der Waals surface area contributed by atoms with Crippen molar-refractivity contribution in [1.82, 2.24) is 9.29 Å². The zero-order valence-electron chi connectivity index (χ0n) is 14.7. The number of hydrogen-bond donors (Lipinski definition) is 1. The molecule has 1 fully saturated rings. The molecule has 0 saturated heterocycles. The van der Waals surface area contributed by atoms with Crippen LogP contribution < -0.4 is 4.72 Å².